The van der Waals surface area contributed by atoms with Gasteiger partial charge in [0.25, 0.3) is 0 Å². The molecule has 29 heavy (non-hydrogen) atoms. The Morgan fingerprint density at radius 3 is 2.45 bits per heavy atom. The minimum Gasteiger partial charge on any atom is -0.457 e. The number of benzene rings is 2. The first-order valence-electron chi connectivity index (χ1n) is 9.31. The summed E-state index contributed by atoms with van der Waals surface area (Å²) in [7, 11) is 0. The Morgan fingerprint density at radius 2 is 1.79 bits per heavy atom. The van der Waals surface area contributed by atoms with Crippen LogP contribution in [0, 0.1) is 29.1 Å². The Labute approximate surface area is 181 Å². The SMILES string of the molecule is CC#CC(OC(=O)C1C(C=C(Cl)Cl)C1(C)C)c1cccc(Oc2ccccc2)c1. The molecule has 1 saturated carbocycles. The molecule has 0 saturated heterocycles. The van der Waals surface area contributed by atoms with Crippen LogP contribution in [0.15, 0.2) is 65.2 Å². The van der Waals surface area contributed by atoms with Crippen LogP contribution in [-0.4, -0.2) is 5.97 Å². The van der Waals surface area contributed by atoms with E-state index in [1.807, 2.05) is 68.4 Å². The van der Waals surface area contributed by atoms with Crippen molar-refractivity contribution in [2.24, 2.45) is 17.3 Å². The normalized spacial score (nSPS) is 19.9. The highest BCUT2D eigenvalue weighted by Crippen LogP contribution is 2.60. The van der Waals surface area contributed by atoms with Crippen molar-refractivity contribution < 1.29 is 14.3 Å². The van der Waals surface area contributed by atoms with E-state index < -0.39 is 6.10 Å². The maximum Gasteiger partial charge on any atom is 0.311 e. The van der Waals surface area contributed by atoms with E-state index in [9.17, 15) is 4.79 Å². The lowest BCUT2D eigenvalue weighted by atomic mass is 10.1. The molecule has 0 N–H and O–H groups in total. The van der Waals surface area contributed by atoms with Crippen molar-refractivity contribution in [3.05, 3.63) is 70.7 Å². The van der Waals surface area contributed by atoms with E-state index in [1.165, 1.54) is 0 Å². The fourth-order valence-electron chi connectivity index (χ4n) is 3.44. The van der Waals surface area contributed by atoms with Crippen molar-refractivity contribution in [1.82, 2.24) is 0 Å². The fraction of sp³-hybridized carbons (Fsp3) is 0.292. The lowest BCUT2D eigenvalue weighted by Crippen LogP contribution is -2.14. The Balaban J connectivity index is 1.76. The molecule has 0 bridgehead atoms. The van der Waals surface area contributed by atoms with E-state index in [0.717, 1.165) is 11.3 Å². The molecule has 0 spiro atoms. The van der Waals surface area contributed by atoms with E-state index in [4.69, 9.17) is 32.7 Å². The molecule has 5 heteroatoms. The number of rotatable bonds is 6. The molecule has 3 rings (SSSR count). The molecule has 3 nitrogen and oxygen atoms in total. The van der Waals surface area contributed by atoms with Gasteiger partial charge in [-0.25, -0.2) is 0 Å². The van der Waals surface area contributed by atoms with Gasteiger partial charge in [-0.1, -0.05) is 73.3 Å². The second-order valence-electron chi connectivity index (χ2n) is 7.48. The van der Waals surface area contributed by atoms with Crippen molar-refractivity contribution in [3.8, 4) is 23.3 Å². The minimum absolute atomic E-state index is 0.0528. The molecule has 1 aliphatic carbocycles. The number of hydrogen-bond donors (Lipinski definition) is 0. The first-order valence-corrected chi connectivity index (χ1v) is 10.1. The van der Waals surface area contributed by atoms with Crippen molar-refractivity contribution in [1.29, 1.82) is 0 Å². The average molecular weight is 429 g/mol. The monoisotopic (exact) mass is 428 g/mol. The Morgan fingerprint density at radius 1 is 1.10 bits per heavy atom. The predicted molar refractivity (Wildman–Crippen MR) is 116 cm³/mol. The summed E-state index contributed by atoms with van der Waals surface area (Å²) in [4.78, 5) is 12.8. The minimum atomic E-state index is -0.681. The molecule has 150 valence electrons. The number of carbonyl (C=O) groups excluding carboxylic acids is 1. The maximum atomic E-state index is 12.8. The fourth-order valence-corrected chi connectivity index (χ4v) is 3.71. The van der Waals surface area contributed by atoms with Crippen LogP contribution in [0.4, 0.5) is 0 Å². The van der Waals surface area contributed by atoms with Crippen molar-refractivity contribution in [2.45, 2.75) is 26.9 Å². The molecule has 1 aliphatic rings. The summed E-state index contributed by atoms with van der Waals surface area (Å²) in [6, 6.07) is 16.9. The predicted octanol–water partition coefficient (Wildman–Crippen LogP) is 6.68. The average Bonchev–Trinajstić information content (AvgIpc) is 3.21. The van der Waals surface area contributed by atoms with Gasteiger partial charge < -0.3 is 9.47 Å². The summed E-state index contributed by atoms with van der Waals surface area (Å²) in [5.41, 5.74) is 0.497. The summed E-state index contributed by atoms with van der Waals surface area (Å²) >= 11 is 11.6. The zero-order valence-electron chi connectivity index (χ0n) is 16.5. The van der Waals surface area contributed by atoms with Gasteiger partial charge in [0, 0.05) is 5.56 Å². The van der Waals surface area contributed by atoms with Crippen molar-refractivity contribution in [2.75, 3.05) is 0 Å². The largest absolute Gasteiger partial charge is 0.457 e. The molecule has 0 aliphatic heterocycles. The van der Waals surface area contributed by atoms with Gasteiger partial charge in [-0.3, -0.25) is 4.79 Å². The molecule has 3 unspecified atom stereocenters. The second kappa shape index (κ2) is 8.95. The molecule has 2 aromatic rings. The van der Waals surface area contributed by atoms with Crippen LogP contribution in [0.2, 0.25) is 0 Å². The van der Waals surface area contributed by atoms with Crippen LogP contribution in [0.5, 0.6) is 11.5 Å². The molecule has 2 aromatic carbocycles. The van der Waals surface area contributed by atoms with Gasteiger partial charge in [-0.05, 0) is 48.6 Å². The highest BCUT2D eigenvalue weighted by molar-refractivity contribution is 6.55. The summed E-state index contributed by atoms with van der Waals surface area (Å²) in [5.74, 6) is 6.52. The van der Waals surface area contributed by atoms with E-state index in [1.54, 1.807) is 13.0 Å². The van der Waals surface area contributed by atoms with Crippen LogP contribution >= 0.6 is 23.2 Å². The van der Waals surface area contributed by atoms with Crippen LogP contribution in [0.3, 0.4) is 0 Å². The highest BCUT2D eigenvalue weighted by atomic mass is 35.5. The Hall–Kier alpha value is -2.41. The van der Waals surface area contributed by atoms with Gasteiger partial charge in [0.15, 0.2) is 6.10 Å². The van der Waals surface area contributed by atoms with Crippen molar-refractivity contribution >= 4 is 29.2 Å². The molecule has 1 fully saturated rings. The molecule has 3 atom stereocenters. The summed E-state index contributed by atoms with van der Waals surface area (Å²) in [5, 5.41) is 0. The van der Waals surface area contributed by atoms with Gasteiger partial charge in [0.2, 0.25) is 0 Å². The number of para-hydroxylation sites is 1. The van der Waals surface area contributed by atoms with Gasteiger partial charge in [0.1, 0.15) is 16.0 Å². The number of esters is 1. The smallest absolute Gasteiger partial charge is 0.311 e. The third-order valence-electron chi connectivity index (χ3n) is 5.12. The zero-order chi connectivity index (χ0) is 21.0. The van der Waals surface area contributed by atoms with Crippen LogP contribution in [0.25, 0.3) is 0 Å². The molecule has 0 radical (unpaired) electrons. The highest BCUT2D eigenvalue weighted by Gasteiger charge is 2.61. The molecule has 0 aromatic heterocycles. The zero-order valence-corrected chi connectivity index (χ0v) is 18.0. The van der Waals surface area contributed by atoms with Crippen LogP contribution < -0.4 is 4.74 Å². The van der Waals surface area contributed by atoms with Gasteiger partial charge in [-0.2, -0.15) is 0 Å². The Bertz CT molecular complexity index is 966. The molecular weight excluding hydrogens is 407 g/mol. The third-order valence-corrected chi connectivity index (χ3v) is 5.37. The van der Waals surface area contributed by atoms with Crippen LogP contribution in [0.1, 0.15) is 32.4 Å². The van der Waals surface area contributed by atoms with Crippen molar-refractivity contribution in [3.63, 3.8) is 0 Å². The van der Waals surface area contributed by atoms with E-state index in [-0.39, 0.29) is 27.7 Å². The van der Waals surface area contributed by atoms with Gasteiger partial charge in [0.05, 0.1) is 5.92 Å². The molecule has 0 amide bonds. The van der Waals surface area contributed by atoms with Crippen LogP contribution in [-0.2, 0) is 9.53 Å². The number of allylic oxidation sites excluding steroid dienone is 1. The Kier molecular flexibility index (Phi) is 6.57. The number of hydrogen-bond acceptors (Lipinski definition) is 3. The van der Waals surface area contributed by atoms with Gasteiger partial charge in [-0.15, -0.1) is 5.92 Å². The molecule has 0 heterocycles. The third kappa shape index (κ3) is 5.15. The van der Waals surface area contributed by atoms with E-state index in [0.29, 0.717) is 5.75 Å². The van der Waals surface area contributed by atoms with Gasteiger partial charge >= 0.3 is 5.97 Å². The standard InChI is InChI=1S/C24H22Cl2O3/c1-4-9-20(29-23(27)22-19(15-21(25)26)24(22,2)3)16-10-8-13-18(14-16)28-17-11-6-5-7-12-17/h5-8,10-15,19-20,22H,1-3H3. The summed E-state index contributed by atoms with van der Waals surface area (Å²) < 4.78 is 11.8. The second-order valence-corrected chi connectivity index (χ2v) is 8.49. The number of carbonyl (C=O) groups is 1. The number of ether oxygens (including phenoxy) is 2. The first kappa shape index (κ1) is 21.3. The quantitative estimate of drug-likeness (QED) is 0.380. The van der Waals surface area contributed by atoms with E-state index in [2.05, 4.69) is 11.8 Å². The lowest BCUT2D eigenvalue weighted by Gasteiger charge is -2.15. The van der Waals surface area contributed by atoms with E-state index >= 15 is 0 Å². The summed E-state index contributed by atoms with van der Waals surface area (Å²) in [6.45, 7) is 5.70. The topological polar surface area (TPSA) is 35.5 Å². The number of halogens is 2. The first-order chi connectivity index (χ1) is 13.8. The summed E-state index contributed by atoms with van der Waals surface area (Å²) in [6.07, 6.45) is 1.02. The maximum absolute atomic E-state index is 12.8. The molecular formula is C24H22Cl2O3. The lowest BCUT2D eigenvalue weighted by molar-refractivity contribution is -0.149.